The number of nitrogens with one attached hydrogen (secondary N) is 1. The van der Waals surface area contributed by atoms with Crippen molar-refractivity contribution in [1.29, 1.82) is 5.26 Å². The molecule has 2 unspecified atom stereocenters. The molecule has 0 aliphatic carbocycles. The summed E-state index contributed by atoms with van der Waals surface area (Å²) in [5.41, 5.74) is 3.29. The number of likely N-dealkylation sites (tertiary alicyclic amines) is 1. The highest BCUT2D eigenvalue weighted by molar-refractivity contribution is 5.32. The Balaban J connectivity index is 1.53. The van der Waals surface area contributed by atoms with Crippen molar-refractivity contribution in [3.8, 4) is 6.07 Å². The minimum atomic E-state index is 0.463. The second-order valence-corrected chi connectivity index (χ2v) is 6.26. The summed E-state index contributed by atoms with van der Waals surface area (Å²) in [7, 11) is 0. The molecule has 1 heterocycles. The van der Waals surface area contributed by atoms with Crippen LogP contribution in [0.4, 0.5) is 0 Å². The van der Waals surface area contributed by atoms with Crippen molar-refractivity contribution in [3.63, 3.8) is 0 Å². The third-order valence-corrected chi connectivity index (χ3v) is 4.70. The van der Waals surface area contributed by atoms with E-state index < -0.39 is 0 Å². The Bertz CT molecular complexity index is 675. The maximum absolute atomic E-state index is 8.97. The molecule has 0 saturated carbocycles. The van der Waals surface area contributed by atoms with Gasteiger partial charge in [0, 0.05) is 31.7 Å². The summed E-state index contributed by atoms with van der Waals surface area (Å²) in [5.74, 6) is 0. The van der Waals surface area contributed by atoms with E-state index in [4.69, 9.17) is 5.26 Å². The van der Waals surface area contributed by atoms with E-state index in [0.29, 0.717) is 12.1 Å². The van der Waals surface area contributed by atoms with Crippen LogP contribution in [-0.4, -0.2) is 24.0 Å². The van der Waals surface area contributed by atoms with Crippen LogP contribution >= 0.6 is 0 Å². The molecule has 3 heteroatoms. The van der Waals surface area contributed by atoms with Crippen molar-refractivity contribution < 1.29 is 0 Å². The third kappa shape index (κ3) is 3.98. The zero-order valence-corrected chi connectivity index (χ0v) is 13.6. The summed E-state index contributed by atoms with van der Waals surface area (Å²) >= 11 is 0. The first-order valence-corrected chi connectivity index (χ1v) is 8.27. The van der Waals surface area contributed by atoms with Crippen molar-refractivity contribution >= 4 is 0 Å². The highest BCUT2D eigenvalue weighted by Gasteiger charge is 2.26. The Morgan fingerprint density at radius 3 is 2.83 bits per heavy atom. The molecule has 2 atom stereocenters. The zero-order valence-electron chi connectivity index (χ0n) is 13.6. The van der Waals surface area contributed by atoms with Crippen LogP contribution in [-0.2, 0) is 6.54 Å². The first kappa shape index (κ1) is 15.7. The molecular weight excluding hydrogens is 282 g/mol. The molecule has 0 radical (unpaired) electrons. The molecule has 0 spiro atoms. The minimum absolute atomic E-state index is 0.463. The van der Waals surface area contributed by atoms with Gasteiger partial charge in [-0.1, -0.05) is 42.5 Å². The monoisotopic (exact) mass is 305 g/mol. The van der Waals surface area contributed by atoms with E-state index in [1.165, 1.54) is 17.5 Å². The average molecular weight is 305 g/mol. The van der Waals surface area contributed by atoms with Gasteiger partial charge >= 0.3 is 0 Å². The van der Waals surface area contributed by atoms with E-state index in [-0.39, 0.29) is 0 Å². The summed E-state index contributed by atoms with van der Waals surface area (Å²) in [6.45, 7) is 5.32. The van der Waals surface area contributed by atoms with Crippen LogP contribution in [0.15, 0.2) is 54.6 Å². The molecule has 0 bridgehead atoms. The highest BCUT2D eigenvalue weighted by atomic mass is 15.2. The second-order valence-electron chi connectivity index (χ2n) is 6.26. The van der Waals surface area contributed by atoms with Gasteiger partial charge in [0.05, 0.1) is 11.6 Å². The summed E-state index contributed by atoms with van der Waals surface area (Å²) < 4.78 is 0. The molecule has 2 aromatic rings. The SMILES string of the molecule is CC(c1ccccc1)N1CCC(NCc2cccc(C#N)c2)C1. The fourth-order valence-electron chi connectivity index (χ4n) is 3.26. The van der Waals surface area contributed by atoms with E-state index in [2.05, 4.69) is 59.6 Å². The molecular formula is C20H23N3. The molecule has 23 heavy (non-hydrogen) atoms. The van der Waals surface area contributed by atoms with Crippen molar-refractivity contribution in [3.05, 3.63) is 71.3 Å². The Labute approximate surface area is 138 Å². The van der Waals surface area contributed by atoms with Crippen molar-refractivity contribution in [2.45, 2.75) is 32.0 Å². The van der Waals surface area contributed by atoms with Crippen LogP contribution in [0.3, 0.4) is 0 Å². The smallest absolute Gasteiger partial charge is 0.0991 e. The van der Waals surface area contributed by atoms with Gasteiger partial charge in [-0.25, -0.2) is 0 Å². The fourth-order valence-corrected chi connectivity index (χ4v) is 3.26. The van der Waals surface area contributed by atoms with Gasteiger partial charge in [-0.3, -0.25) is 4.90 Å². The number of hydrogen-bond donors (Lipinski definition) is 1. The standard InChI is InChI=1S/C20H23N3/c1-16(19-8-3-2-4-9-19)23-11-10-20(15-23)22-14-18-7-5-6-17(12-18)13-21/h2-9,12,16,20,22H,10-11,14-15H2,1H3. The lowest BCUT2D eigenvalue weighted by atomic mass is 10.1. The van der Waals surface area contributed by atoms with E-state index in [0.717, 1.165) is 25.2 Å². The lowest BCUT2D eigenvalue weighted by Crippen LogP contribution is -2.33. The molecule has 3 nitrogen and oxygen atoms in total. The molecule has 0 aromatic heterocycles. The van der Waals surface area contributed by atoms with Crippen molar-refractivity contribution in [1.82, 2.24) is 10.2 Å². The normalized spacial score (nSPS) is 19.4. The van der Waals surface area contributed by atoms with Gasteiger partial charge in [0.15, 0.2) is 0 Å². The topological polar surface area (TPSA) is 39.1 Å². The average Bonchev–Trinajstić information content (AvgIpc) is 3.09. The van der Waals surface area contributed by atoms with Crippen molar-refractivity contribution in [2.24, 2.45) is 0 Å². The van der Waals surface area contributed by atoms with Gasteiger partial charge < -0.3 is 5.32 Å². The lowest BCUT2D eigenvalue weighted by Gasteiger charge is -2.25. The van der Waals surface area contributed by atoms with Gasteiger partial charge in [-0.05, 0) is 36.6 Å². The van der Waals surface area contributed by atoms with E-state index >= 15 is 0 Å². The van der Waals surface area contributed by atoms with E-state index in [9.17, 15) is 0 Å². The summed E-state index contributed by atoms with van der Waals surface area (Å²) in [4.78, 5) is 2.54. The van der Waals surface area contributed by atoms with Crippen LogP contribution < -0.4 is 5.32 Å². The van der Waals surface area contributed by atoms with Crippen LogP contribution in [0, 0.1) is 11.3 Å². The maximum Gasteiger partial charge on any atom is 0.0991 e. The number of benzene rings is 2. The van der Waals surface area contributed by atoms with Gasteiger partial charge in [-0.2, -0.15) is 5.26 Å². The third-order valence-electron chi connectivity index (χ3n) is 4.70. The number of hydrogen-bond acceptors (Lipinski definition) is 3. The van der Waals surface area contributed by atoms with E-state index in [1.807, 2.05) is 18.2 Å². The number of nitrogens with zero attached hydrogens (tertiary/aromatic N) is 2. The molecule has 118 valence electrons. The maximum atomic E-state index is 8.97. The molecule has 1 aliphatic rings. The quantitative estimate of drug-likeness (QED) is 0.919. The number of rotatable bonds is 5. The molecule has 2 aromatic carbocycles. The molecule has 1 aliphatic heterocycles. The molecule has 0 amide bonds. The Hall–Kier alpha value is -2.15. The molecule has 1 saturated heterocycles. The molecule has 1 fully saturated rings. The summed E-state index contributed by atoms with van der Waals surface area (Å²) in [5, 5.41) is 12.6. The number of nitriles is 1. The Morgan fingerprint density at radius 2 is 2.04 bits per heavy atom. The van der Waals surface area contributed by atoms with Gasteiger partial charge in [-0.15, -0.1) is 0 Å². The van der Waals surface area contributed by atoms with Crippen molar-refractivity contribution in [2.75, 3.05) is 13.1 Å². The Morgan fingerprint density at radius 1 is 1.22 bits per heavy atom. The first-order chi connectivity index (χ1) is 11.3. The van der Waals surface area contributed by atoms with E-state index in [1.54, 1.807) is 0 Å². The summed E-state index contributed by atoms with van der Waals surface area (Å²) in [6.07, 6.45) is 1.18. The fraction of sp³-hybridized carbons (Fsp3) is 0.350. The zero-order chi connectivity index (χ0) is 16.1. The van der Waals surface area contributed by atoms with Crippen LogP contribution in [0.1, 0.15) is 36.1 Å². The van der Waals surface area contributed by atoms with Gasteiger partial charge in [0.25, 0.3) is 0 Å². The highest BCUT2D eigenvalue weighted by Crippen LogP contribution is 2.24. The van der Waals surface area contributed by atoms with Crippen LogP contribution in [0.5, 0.6) is 0 Å². The molecule has 3 rings (SSSR count). The van der Waals surface area contributed by atoms with Crippen LogP contribution in [0.2, 0.25) is 0 Å². The van der Waals surface area contributed by atoms with Gasteiger partial charge in [0.1, 0.15) is 0 Å². The largest absolute Gasteiger partial charge is 0.309 e. The lowest BCUT2D eigenvalue weighted by molar-refractivity contribution is 0.255. The molecule has 1 N–H and O–H groups in total. The Kier molecular flexibility index (Phi) is 5.07. The van der Waals surface area contributed by atoms with Crippen LogP contribution in [0.25, 0.3) is 0 Å². The second kappa shape index (κ2) is 7.41. The minimum Gasteiger partial charge on any atom is -0.309 e. The first-order valence-electron chi connectivity index (χ1n) is 8.27. The predicted octanol–water partition coefficient (Wildman–Crippen LogP) is 3.48. The van der Waals surface area contributed by atoms with Gasteiger partial charge in [0.2, 0.25) is 0 Å². The predicted molar refractivity (Wildman–Crippen MR) is 92.8 cm³/mol. The summed E-state index contributed by atoms with van der Waals surface area (Å²) in [6, 6.07) is 21.7.